The van der Waals surface area contributed by atoms with Crippen LogP contribution in [0, 0.1) is 19.8 Å². The van der Waals surface area contributed by atoms with Gasteiger partial charge in [-0.25, -0.2) is 0 Å². The number of aromatic hydroxyl groups is 1. The molecule has 1 aliphatic rings. The van der Waals surface area contributed by atoms with Crippen LogP contribution in [0.15, 0.2) is 12.1 Å². The Morgan fingerprint density at radius 2 is 2.06 bits per heavy atom. The predicted molar refractivity (Wildman–Crippen MR) is 65.3 cm³/mol. The number of carboxylic acids is 1. The SMILES string of the molecule is Cc1cc(C)c(O)c(C(CC(=O)O)C2CC2)c1. The van der Waals surface area contributed by atoms with E-state index in [0.717, 1.165) is 29.5 Å². The fourth-order valence-corrected chi connectivity index (χ4v) is 2.49. The van der Waals surface area contributed by atoms with Gasteiger partial charge in [0.05, 0.1) is 6.42 Å². The van der Waals surface area contributed by atoms with Crippen molar-refractivity contribution in [2.45, 2.75) is 39.0 Å². The first-order valence-corrected chi connectivity index (χ1v) is 6.01. The molecule has 0 heterocycles. The third-order valence-corrected chi connectivity index (χ3v) is 3.46. The first kappa shape index (κ1) is 12.0. The molecule has 3 heteroatoms. The van der Waals surface area contributed by atoms with Gasteiger partial charge in [0.25, 0.3) is 0 Å². The van der Waals surface area contributed by atoms with Gasteiger partial charge in [-0.3, -0.25) is 4.79 Å². The molecule has 0 spiro atoms. The summed E-state index contributed by atoms with van der Waals surface area (Å²) in [5, 5.41) is 19.1. The first-order valence-electron chi connectivity index (χ1n) is 6.01. The lowest BCUT2D eigenvalue weighted by molar-refractivity contribution is -0.137. The molecule has 92 valence electrons. The van der Waals surface area contributed by atoms with Gasteiger partial charge in [-0.15, -0.1) is 0 Å². The van der Waals surface area contributed by atoms with Gasteiger partial charge < -0.3 is 10.2 Å². The van der Waals surface area contributed by atoms with Crippen molar-refractivity contribution in [3.8, 4) is 5.75 Å². The van der Waals surface area contributed by atoms with E-state index >= 15 is 0 Å². The van der Waals surface area contributed by atoms with E-state index in [0.29, 0.717) is 5.92 Å². The van der Waals surface area contributed by atoms with E-state index in [-0.39, 0.29) is 18.1 Å². The normalized spacial score (nSPS) is 16.8. The molecular formula is C14H18O3. The van der Waals surface area contributed by atoms with Crippen molar-refractivity contribution in [1.82, 2.24) is 0 Å². The second-order valence-electron chi connectivity index (χ2n) is 5.06. The van der Waals surface area contributed by atoms with Gasteiger partial charge in [-0.1, -0.05) is 17.7 Å². The van der Waals surface area contributed by atoms with Crippen LogP contribution in [0.3, 0.4) is 0 Å². The maximum Gasteiger partial charge on any atom is 0.303 e. The summed E-state index contributed by atoms with van der Waals surface area (Å²) >= 11 is 0. The topological polar surface area (TPSA) is 57.5 Å². The average molecular weight is 234 g/mol. The fourth-order valence-electron chi connectivity index (χ4n) is 2.49. The summed E-state index contributed by atoms with van der Waals surface area (Å²) in [5.41, 5.74) is 2.72. The molecule has 0 aromatic heterocycles. The first-order chi connectivity index (χ1) is 7.99. The maximum atomic E-state index is 10.9. The lowest BCUT2D eigenvalue weighted by Crippen LogP contribution is -2.09. The summed E-state index contributed by atoms with van der Waals surface area (Å²) in [7, 11) is 0. The van der Waals surface area contributed by atoms with Gasteiger partial charge >= 0.3 is 5.97 Å². The van der Waals surface area contributed by atoms with Crippen LogP contribution in [0.4, 0.5) is 0 Å². The fraction of sp³-hybridized carbons (Fsp3) is 0.500. The summed E-state index contributed by atoms with van der Waals surface area (Å²) < 4.78 is 0. The molecule has 1 aliphatic carbocycles. The van der Waals surface area contributed by atoms with Crippen molar-refractivity contribution in [1.29, 1.82) is 0 Å². The molecule has 1 atom stereocenters. The monoisotopic (exact) mass is 234 g/mol. The molecule has 1 aromatic carbocycles. The number of benzene rings is 1. The van der Waals surface area contributed by atoms with Gasteiger partial charge in [0.15, 0.2) is 0 Å². The quantitative estimate of drug-likeness (QED) is 0.842. The van der Waals surface area contributed by atoms with Crippen LogP contribution < -0.4 is 0 Å². The highest BCUT2D eigenvalue weighted by Gasteiger charge is 2.35. The number of phenols is 1. The Labute approximate surface area is 101 Å². The Morgan fingerprint density at radius 1 is 1.41 bits per heavy atom. The number of hydrogen-bond acceptors (Lipinski definition) is 2. The van der Waals surface area contributed by atoms with Crippen LogP contribution in [0.25, 0.3) is 0 Å². The van der Waals surface area contributed by atoms with Crippen molar-refractivity contribution in [2.75, 3.05) is 0 Å². The summed E-state index contributed by atoms with van der Waals surface area (Å²) in [4.78, 5) is 10.9. The molecule has 3 nitrogen and oxygen atoms in total. The zero-order valence-electron chi connectivity index (χ0n) is 10.2. The van der Waals surface area contributed by atoms with Crippen molar-refractivity contribution in [2.24, 2.45) is 5.92 Å². The van der Waals surface area contributed by atoms with E-state index in [2.05, 4.69) is 0 Å². The molecule has 1 saturated carbocycles. The van der Waals surface area contributed by atoms with Gasteiger partial charge in [0.1, 0.15) is 5.75 Å². The molecule has 0 aliphatic heterocycles. The Bertz CT molecular complexity index is 447. The smallest absolute Gasteiger partial charge is 0.303 e. The molecule has 1 fully saturated rings. The van der Waals surface area contributed by atoms with Crippen LogP contribution in [0.5, 0.6) is 5.75 Å². The second-order valence-corrected chi connectivity index (χ2v) is 5.06. The minimum absolute atomic E-state index is 0.0360. The van der Waals surface area contributed by atoms with E-state index in [1.165, 1.54) is 0 Å². The molecule has 0 bridgehead atoms. The van der Waals surface area contributed by atoms with Gasteiger partial charge in [-0.2, -0.15) is 0 Å². The number of rotatable bonds is 4. The lowest BCUT2D eigenvalue weighted by Gasteiger charge is -2.18. The summed E-state index contributed by atoms with van der Waals surface area (Å²) in [6.07, 6.45) is 2.26. The standard InChI is InChI=1S/C14H18O3/c1-8-5-9(2)14(17)12(6-8)11(7-13(15)16)10-3-4-10/h5-6,10-11,17H,3-4,7H2,1-2H3,(H,15,16). The highest BCUT2D eigenvalue weighted by atomic mass is 16.4. The lowest BCUT2D eigenvalue weighted by atomic mass is 9.88. The number of carbonyl (C=O) groups is 1. The van der Waals surface area contributed by atoms with Crippen molar-refractivity contribution < 1.29 is 15.0 Å². The number of aliphatic carboxylic acids is 1. The Kier molecular flexibility index (Phi) is 3.09. The molecule has 2 N–H and O–H groups in total. The molecule has 0 saturated heterocycles. The molecule has 0 radical (unpaired) electrons. The van der Waals surface area contributed by atoms with Crippen molar-refractivity contribution >= 4 is 5.97 Å². The third kappa shape index (κ3) is 2.60. The Balaban J connectivity index is 2.38. The van der Waals surface area contributed by atoms with Crippen LogP contribution in [0.1, 0.15) is 41.9 Å². The second kappa shape index (κ2) is 4.40. The Morgan fingerprint density at radius 3 is 2.59 bits per heavy atom. The zero-order chi connectivity index (χ0) is 12.6. The van der Waals surface area contributed by atoms with Crippen LogP contribution in [-0.4, -0.2) is 16.2 Å². The van der Waals surface area contributed by atoms with E-state index in [9.17, 15) is 9.90 Å². The minimum atomic E-state index is -0.791. The number of phenolic OH excluding ortho intramolecular Hbond substituents is 1. The number of hydrogen-bond donors (Lipinski definition) is 2. The summed E-state index contributed by atoms with van der Waals surface area (Å²) in [6.45, 7) is 3.83. The summed E-state index contributed by atoms with van der Waals surface area (Å²) in [5.74, 6) is -0.126. The minimum Gasteiger partial charge on any atom is -0.507 e. The highest BCUT2D eigenvalue weighted by molar-refractivity contribution is 5.68. The van der Waals surface area contributed by atoms with Crippen LogP contribution >= 0.6 is 0 Å². The number of aryl methyl sites for hydroxylation is 2. The molecule has 1 aromatic rings. The van der Waals surface area contributed by atoms with Crippen LogP contribution in [0.2, 0.25) is 0 Å². The molecule has 17 heavy (non-hydrogen) atoms. The number of carboxylic acid groups (broad SMARTS) is 1. The Hall–Kier alpha value is -1.51. The van der Waals surface area contributed by atoms with E-state index in [1.807, 2.05) is 26.0 Å². The van der Waals surface area contributed by atoms with Gasteiger partial charge in [-0.05, 0) is 43.7 Å². The maximum absolute atomic E-state index is 10.9. The zero-order valence-corrected chi connectivity index (χ0v) is 10.2. The third-order valence-electron chi connectivity index (χ3n) is 3.46. The molecule has 0 amide bonds. The predicted octanol–water partition coefficient (Wildman–Crippen LogP) is 2.98. The van der Waals surface area contributed by atoms with Crippen molar-refractivity contribution in [3.63, 3.8) is 0 Å². The van der Waals surface area contributed by atoms with E-state index in [4.69, 9.17) is 5.11 Å². The average Bonchev–Trinajstić information content (AvgIpc) is 3.03. The van der Waals surface area contributed by atoms with Crippen molar-refractivity contribution in [3.05, 3.63) is 28.8 Å². The van der Waals surface area contributed by atoms with E-state index < -0.39 is 5.97 Å². The van der Waals surface area contributed by atoms with Crippen LogP contribution in [-0.2, 0) is 4.79 Å². The van der Waals surface area contributed by atoms with E-state index in [1.54, 1.807) is 0 Å². The molecular weight excluding hydrogens is 216 g/mol. The summed E-state index contributed by atoms with van der Waals surface area (Å²) in [6, 6.07) is 3.85. The highest BCUT2D eigenvalue weighted by Crippen LogP contribution is 2.47. The largest absolute Gasteiger partial charge is 0.507 e. The van der Waals surface area contributed by atoms with Gasteiger partial charge in [0.2, 0.25) is 0 Å². The molecule has 1 unspecified atom stereocenters. The molecule has 2 rings (SSSR count). The van der Waals surface area contributed by atoms with Gasteiger partial charge in [0, 0.05) is 5.92 Å².